The van der Waals surface area contributed by atoms with Crippen molar-refractivity contribution in [1.29, 1.82) is 0 Å². The molecular formula is C12H26N2O. The molecule has 0 amide bonds. The van der Waals surface area contributed by atoms with Crippen molar-refractivity contribution in [2.45, 2.75) is 38.6 Å². The molecule has 0 spiro atoms. The highest BCUT2D eigenvalue weighted by Gasteiger charge is 2.26. The van der Waals surface area contributed by atoms with Crippen molar-refractivity contribution in [3.8, 4) is 0 Å². The summed E-state index contributed by atoms with van der Waals surface area (Å²) in [6, 6.07) is 0.612. The van der Waals surface area contributed by atoms with Crippen LogP contribution in [0.1, 0.15) is 32.6 Å². The minimum atomic E-state index is 0.612. The monoisotopic (exact) mass is 214 g/mol. The second kappa shape index (κ2) is 7.20. The van der Waals surface area contributed by atoms with E-state index in [-0.39, 0.29) is 0 Å². The Morgan fingerprint density at radius 3 is 2.87 bits per heavy atom. The Hall–Kier alpha value is -0.120. The van der Waals surface area contributed by atoms with Gasteiger partial charge in [-0.2, -0.15) is 0 Å². The first-order valence-electron chi connectivity index (χ1n) is 6.22. The van der Waals surface area contributed by atoms with Gasteiger partial charge in [0.1, 0.15) is 0 Å². The zero-order chi connectivity index (χ0) is 11.1. The first-order chi connectivity index (χ1) is 7.29. The van der Waals surface area contributed by atoms with Crippen LogP contribution in [0.4, 0.5) is 0 Å². The second-order valence-corrected chi connectivity index (χ2v) is 4.66. The van der Waals surface area contributed by atoms with Gasteiger partial charge in [-0.25, -0.2) is 0 Å². The third kappa shape index (κ3) is 4.09. The molecule has 0 aromatic rings. The average Bonchev–Trinajstić information content (AvgIpc) is 2.24. The number of nitrogens with zero attached hydrogens (tertiary/aromatic N) is 1. The summed E-state index contributed by atoms with van der Waals surface area (Å²) in [5, 5.41) is 0. The first-order valence-corrected chi connectivity index (χ1v) is 6.22. The summed E-state index contributed by atoms with van der Waals surface area (Å²) in [4.78, 5) is 2.57. The zero-order valence-electron chi connectivity index (χ0n) is 10.2. The fourth-order valence-corrected chi connectivity index (χ4v) is 2.55. The molecule has 3 heteroatoms. The van der Waals surface area contributed by atoms with Crippen LogP contribution in [-0.2, 0) is 4.74 Å². The van der Waals surface area contributed by atoms with Crippen molar-refractivity contribution < 1.29 is 4.74 Å². The van der Waals surface area contributed by atoms with Gasteiger partial charge >= 0.3 is 0 Å². The van der Waals surface area contributed by atoms with E-state index in [9.17, 15) is 0 Å². The van der Waals surface area contributed by atoms with E-state index in [2.05, 4.69) is 11.8 Å². The molecule has 1 saturated heterocycles. The third-order valence-electron chi connectivity index (χ3n) is 3.52. The fraction of sp³-hybridized carbons (Fsp3) is 1.00. The van der Waals surface area contributed by atoms with Crippen LogP contribution in [0.15, 0.2) is 0 Å². The summed E-state index contributed by atoms with van der Waals surface area (Å²) in [7, 11) is 1.77. The molecule has 2 unspecified atom stereocenters. The van der Waals surface area contributed by atoms with Crippen molar-refractivity contribution in [1.82, 2.24) is 4.90 Å². The van der Waals surface area contributed by atoms with E-state index >= 15 is 0 Å². The quantitative estimate of drug-likeness (QED) is 0.681. The molecular weight excluding hydrogens is 188 g/mol. The van der Waals surface area contributed by atoms with Crippen molar-refractivity contribution in [2.75, 3.05) is 33.4 Å². The molecule has 0 aromatic heterocycles. The summed E-state index contributed by atoms with van der Waals surface area (Å²) < 4.78 is 5.06. The van der Waals surface area contributed by atoms with E-state index in [1.807, 2.05) is 0 Å². The SMILES string of the molecule is COCCCCN1CCCC(C)C1CN. The van der Waals surface area contributed by atoms with Gasteiger partial charge in [-0.15, -0.1) is 0 Å². The predicted octanol–water partition coefficient (Wildman–Crippen LogP) is 1.47. The van der Waals surface area contributed by atoms with Crippen molar-refractivity contribution in [2.24, 2.45) is 11.7 Å². The lowest BCUT2D eigenvalue weighted by Crippen LogP contribution is -2.48. The number of hydrogen-bond donors (Lipinski definition) is 1. The number of hydrogen-bond acceptors (Lipinski definition) is 3. The maximum atomic E-state index is 5.85. The number of likely N-dealkylation sites (tertiary alicyclic amines) is 1. The molecule has 0 aliphatic carbocycles. The Balaban J connectivity index is 2.25. The van der Waals surface area contributed by atoms with Crippen molar-refractivity contribution >= 4 is 0 Å². The summed E-state index contributed by atoms with van der Waals surface area (Å²) in [5.74, 6) is 0.770. The minimum absolute atomic E-state index is 0.612. The number of methoxy groups -OCH3 is 1. The highest BCUT2D eigenvalue weighted by atomic mass is 16.5. The molecule has 1 fully saturated rings. The first kappa shape index (κ1) is 12.9. The van der Waals surface area contributed by atoms with E-state index in [4.69, 9.17) is 10.5 Å². The van der Waals surface area contributed by atoms with Gasteiger partial charge in [-0.05, 0) is 44.7 Å². The Morgan fingerprint density at radius 2 is 2.20 bits per heavy atom. The molecule has 3 nitrogen and oxygen atoms in total. The fourth-order valence-electron chi connectivity index (χ4n) is 2.55. The van der Waals surface area contributed by atoms with Crippen LogP contribution in [0.5, 0.6) is 0 Å². The molecule has 0 radical (unpaired) electrons. The van der Waals surface area contributed by atoms with Crippen LogP contribution in [0.2, 0.25) is 0 Å². The third-order valence-corrected chi connectivity index (χ3v) is 3.52. The number of unbranched alkanes of at least 4 members (excludes halogenated alkanes) is 1. The van der Waals surface area contributed by atoms with E-state index in [1.54, 1.807) is 7.11 Å². The maximum absolute atomic E-state index is 5.85. The van der Waals surface area contributed by atoms with Crippen LogP contribution < -0.4 is 5.73 Å². The maximum Gasteiger partial charge on any atom is 0.0462 e. The normalized spacial score (nSPS) is 28.2. The molecule has 0 bridgehead atoms. The van der Waals surface area contributed by atoms with Gasteiger partial charge in [0.05, 0.1) is 0 Å². The van der Waals surface area contributed by atoms with Crippen molar-refractivity contribution in [3.05, 3.63) is 0 Å². The Labute approximate surface area is 94.0 Å². The molecule has 1 heterocycles. The van der Waals surface area contributed by atoms with Crippen LogP contribution in [0.25, 0.3) is 0 Å². The highest BCUT2D eigenvalue weighted by Crippen LogP contribution is 2.22. The van der Waals surface area contributed by atoms with Gasteiger partial charge in [-0.3, -0.25) is 4.90 Å². The van der Waals surface area contributed by atoms with Crippen LogP contribution in [-0.4, -0.2) is 44.3 Å². The lowest BCUT2D eigenvalue weighted by atomic mass is 9.90. The predicted molar refractivity (Wildman–Crippen MR) is 63.9 cm³/mol. The Bertz CT molecular complexity index is 164. The van der Waals surface area contributed by atoms with Gasteiger partial charge in [0.25, 0.3) is 0 Å². The van der Waals surface area contributed by atoms with E-state index in [0.717, 1.165) is 19.1 Å². The largest absolute Gasteiger partial charge is 0.385 e. The van der Waals surface area contributed by atoms with Gasteiger partial charge in [0.15, 0.2) is 0 Å². The van der Waals surface area contributed by atoms with Gasteiger partial charge in [0.2, 0.25) is 0 Å². The Morgan fingerprint density at radius 1 is 1.40 bits per heavy atom. The van der Waals surface area contributed by atoms with E-state index in [1.165, 1.54) is 38.8 Å². The minimum Gasteiger partial charge on any atom is -0.385 e. The summed E-state index contributed by atoms with van der Waals surface area (Å²) in [5.41, 5.74) is 5.85. The molecule has 15 heavy (non-hydrogen) atoms. The number of nitrogens with two attached hydrogens (primary N) is 1. The number of rotatable bonds is 6. The molecule has 1 rings (SSSR count). The van der Waals surface area contributed by atoms with Crippen molar-refractivity contribution in [3.63, 3.8) is 0 Å². The summed E-state index contributed by atoms with van der Waals surface area (Å²) in [6.07, 6.45) is 5.08. The smallest absolute Gasteiger partial charge is 0.0462 e. The Kier molecular flexibility index (Phi) is 6.22. The van der Waals surface area contributed by atoms with E-state index in [0.29, 0.717) is 6.04 Å². The van der Waals surface area contributed by atoms with Gasteiger partial charge in [-0.1, -0.05) is 6.92 Å². The number of ether oxygens (including phenoxy) is 1. The number of piperidine rings is 1. The zero-order valence-corrected chi connectivity index (χ0v) is 10.2. The molecule has 90 valence electrons. The van der Waals surface area contributed by atoms with Gasteiger partial charge < -0.3 is 10.5 Å². The standard InChI is InChI=1S/C12H26N2O/c1-11-6-5-8-14(12(11)10-13)7-3-4-9-15-2/h11-12H,3-10,13H2,1-2H3. The molecule has 0 saturated carbocycles. The summed E-state index contributed by atoms with van der Waals surface area (Å²) >= 11 is 0. The summed E-state index contributed by atoms with van der Waals surface area (Å²) in [6.45, 7) is 6.45. The molecule has 0 aromatic carbocycles. The highest BCUT2D eigenvalue weighted by molar-refractivity contribution is 4.82. The van der Waals surface area contributed by atoms with Gasteiger partial charge in [0, 0.05) is 26.3 Å². The second-order valence-electron chi connectivity index (χ2n) is 4.66. The van der Waals surface area contributed by atoms with E-state index < -0.39 is 0 Å². The van der Waals surface area contributed by atoms with Crippen LogP contribution in [0, 0.1) is 5.92 Å². The lowest BCUT2D eigenvalue weighted by molar-refractivity contribution is 0.100. The molecule has 2 atom stereocenters. The molecule has 1 aliphatic heterocycles. The van der Waals surface area contributed by atoms with Crippen LogP contribution >= 0.6 is 0 Å². The van der Waals surface area contributed by atoms with Crippen LogP contribution in [0.3, 0.4) is 0 Å². The average molecular weight is 214 g/mol. The molecule has 2 N–H and O–H groups in total. The lowest BCUT2D eigenvalue weighted by Gasteiger charge is -2.39. The molecule has 1 aliphatic rings. The topological polar surface area (TPSA) is 38.5 Å².